The minimum Gasteiger partial charge on any atom is -0.480 e. The normalized spacial score (nSPS) is 10.1. The van der Waals surface area contributed by atoms with Crippen LogP contribution in [0.2, 0.25) is 0 Å². The summed E-state index contributed by atoms with van der Waals surface area (Å²) in [5.74, 6) is 0.616. The van der Waals surface area contributed by atoms with E-state index in [9.17, 15) is 4.79 Å². The lowest BCUT2D eigenvalue weighted by molar-refractivity contribution is 0.112. The van der Waals surface area contributed by atoms with Gasteiger partial charge >= 0.3 is 0 Å². The van der Waals surface area contributed by atoms with E-state index in [-0.39, 0.29) is 0 Å². The highest BCUT2D eigenvalue weighted by Crippen LogP contribution is 2.33. The van der Waals surface area contributed by atoms with Crippen LogP contribution in [0.25, 0.3) is 11.1 Å². The molecule has 0 amide bonds. The third-order valence-electron chi connectivity index (χ3n) is 1.78. The molecule has 0 aliphatic heterocycles. The highest BCUT2D eigenvalue weighted by molar-refractivity contribution is 7.12. The second kappa shape index (κ2) is 3.89. The molecule has 2 heterocycles. The maximum absolute atomic E-state index is 10.5. The van der Waals surface area contributed by atoms with E-state index in [0.29, 0.717) is 10.8 Å². The second-order valence-electron chi connectivity index (χ2n) is 2.59. The summed E-state index contributed by atoms with van der Waals surface area (Å²) in [7, 11) is 1.59. The lowest BCUT2D eigenvalue weighted by atomic mass is 10.2. The molecule has 0 fully saturated rings. The summed E-state index contributed by atoms with van der Waals surface area (Å²) in [4.78, 5) is 11.2. The fourth-order valence-corrected chi connectivity index (χ4v) is 2.49. The van der Waals surface area contributed by atoms with Crippen LogP contribution in [0.4, 0.5) is 0 Å². The number of carbonyl (C=O) groups is 1. The van der Waals surface area contributed by atoms with E-state index in [0.717, 1.165) is 17.4 Å². The summed E-state index contributed by atoms with van der Waals surface area (Å²) >= 11 is 2.76. The van der Waals surface area contributed by atoms with Crippen LogP contribution >= 0.6 is 22.9 Å². The molecule has 2 aromatic rings. The van der Waals surface area contributed by atoms with Gasteiger partial charge in [-0.3, -0.25) is 4.79 Å². The van der Waals surface area contributed by atoms with Crippen molar-refractivity contribution in [2.75, 3.05) is 7.11 Å². The zero-order valence-corrected chi connectivity index (χ0v) is 9.02. The SMILES string of the molecule is COc1nscc1-c1csc(C=O)c1. The molecule has 0 unspecified atom stereocenters. The van der Waals surface area contributed by atoms with Crippen LogP contribution in [0.1, 0.15) is 9.67 Å². The quantitative estimate of drug-likeness (QED) is 0.754. The topological polar surface area (TPSA) is 39.2 Å². The van der Waals surface area contributed by atoms with Crippen molar-refractivity contribution in [2.24, 2.45) is 0 Å². The molecule has 72 valence electrons. The number of methoxy groups -OCH3 is 1. The van der Waals surface area contributed by atoms with E-state index in [1.165, 1.54) is 22.9 Å². The molecule has 0 bridgehead atoms. The molecule has 3 nitrogen and oxygen atoms in total. The summed E-state index contributed by atoms with van der Waals surface area (Å²) in [6, 6.07) is 1.84. The number of aromatic nitrogens is 1. The number of rotatable bonds is 3. The minimum atomic E-state index is 0.616. The Morgan fingerprint density at radius 3 is 3.00 bits per heavy atom. The van der Waals surface area contributed by atoms with Crippen molar-refractivity contribution in [1.29, 1.82) is 0 Å². The molecule has 0 N–H and O–H groups in total. The maximum atomic E-state index is 10.5. The van der Waals surface area contributed by atoms with Gasteiger partial charge in [-0.15, -0.1) is 11.3 Å². The highest BCUT2D eigenvalue weighted by Gasteiger charge is 2.10. The Hall–Kier alpha value is -1.20. The second-order valence-corrected chi connectivity index (χ2v) is 4.17. The van der Waals surface area contributed by atoms with Crippen molar-refractivity contribution in [3.05, 3.63) is 21.7 Å². The molecular formula is C9H7NO2S2. The van der Waals surface area contributed by atoms with Gasteiger partial charge in [0.05, 0.1) is 17.6 Å². The fourth-order valence-electron chi connectivity index (χ4n) is 1.12. The number of carbonyl (C=O) groups excluding carboxylic acids is 1. The largest absolute Gasteiger partial charge is 0.480 e. The van der Waals surface area contributed by atoms with Gasteiger partial charge in [-0.2, -0.15) is 4.37 Å². The number of nitrogens with zero attached hydrogens (tertiary/aromatic N) is 1. The summed E-state index contributed by atoms with van der Waals surface area (Å²) in [5, 5.41) is 3.84. The Morgan fingerprint density at radius 1 is 1.50 bits per heavy atom. The Labute approximate surface area is 89.1 Å². The van der Waals surface area contributed by atoms with Crippen molar-refractivity contribution in [2.45, 2.75) is 0 Å². The molecule has 0 saturated carbocycles. The molecule has 0 atom stereocenters. The molecule has 0 radical (unpaired) electrons. The lowest BCUT2D eigenvalue weighted by Gasteiger charge is -1.96. The average Bonchev–Trinajstić information content (AvgIpc) is 2.85. The van der Waals surface area contributed by atoms with E-state index in [4.69, 9.17) is 4.74 Å². The summed E-state index contributed by atoms with van der Waals surface area (Å²) in [6.45, 7) is 0. The first kappa shape index (κ1) is 9.36. The van der Waals surface area contributed by atoms with E-state index in [1.54, 1.807) is 7.11 Å². The van der Waals surface area contributed by atoms with Gasteiger partial charge in [0, 0.05) is 5.38 Å². The molecule has 5 heteroatoms. The monoisotopic (exact) mass is 225 g/mol. The number of ether oxygens (including phenoxy) is 1. The fraction of sp³-hybridized carbons (Fsp3) is 0.111. The first-order valence-corrected chi connectivity index (χ1v) is 5.59. The molecule has 2 aromatic heterocycles. The van der Waals surface area contributed by atoms with Crippen molar-refractivity contribution in [3.8, 4) is 17.0 Å². The minimum absolute atomic E-state index is 0.616. The Kier molecular flexibility index (Phi) is 2.60. The summed E-state index contributed by atoms with van der Waals surface area (Å²) < 4.78 is 9.18. The van der Waals surface area contributed by atoms with Crippen LogP contribution in [0, 0.1) is 0 Å². The van der Waals surface area contributed by atoms with Crippen LogP contribution in [0.5, 0.6) is 5.88 Å². The van der Waals surface area contributed by atoms with Crippen molar-refractivity contribution in [1.82, 2.24) is 4.37 Å². The van der Waals surface area contributed by atoms with Gasteiger partial charge in [-0.25, -0.2) is 0 Å². The average molecular weight is 225 g/mol. The van der Waals surface area contributed by atoms with Crippen molar-refractivity contribution >= 4 is 29.2 Å². The maximum Gasteiger partial charge on any atom is 0.232 e. The number of thiophene rings is 1. The van der Waals surface area contributed by atoms with Crippen LogP contribution in [0.15, 0.2) is 16.8 Å². The Bertz CT molecular complexity index is 447. The van der Waals surface area contributed by atoms with Crippen LogP contribution in [-0.2, 0) is 0 Å². The predicted octanol–water partition coefficient (Wildman–Crippen LogP) is 2.69. The highest BCUT2D eigenvalue weighted by atomic mass is 32.1. The molecular weight excluding hydrogens is 218 g/mol. The predicted molar refractivity (Wildman–Crippen MR) is 57.4 cm³/mol. The lowest BCUT2D eigenvalue weighted by Crippen LogP contribution is -1.83. The zero-order valence-electron chi connectivity index (χ0n) is 7.39. The van der Waals surface area contributed by atoms with Gasteiger partial charge in [0.15, 0.2) is 6.29 Å². The third kappa shape index (κ3) is 1.56. The first-order chi connectivity index (χ1) is 6.85. The summed E-state index contributed by atoms with van der Waals surface area (Å²) in [5.41, 5.74) is 1.93. The van der Waals surface area contributed by atoms with Crippen molar-refractivity contribution < 1.29 is 9.53 Å². The molecule has 0 saturated heterocycles. The van der Waals surface area contributed by atoms with E-state index < -0.39 is 0 Å². The Morgan fingerprint density at radius 2 is 2.36 bits per heavy atom. The van der Waals surface area contributed by atoms with Gasteiger partial charge in [0.25, 0.3) is 0 Å². The molecule has 0 aliphatic carbocycles. The Balaban J connectivity index is 2.43. The smallest absolute Gasteiger partial charge is 0.232 e. The zero-order chi connectivity index (χ0) is 9.97. The summed E-state index contributed by atoms with van der Waals surface area (Å²) in [6.07, 6.45) is 0.848. The molecule has 2 rings (SSSR count). The van der Waals surface area contributed by atoms with Gasteiger partial charge in [-0.05, 0) is 28.5 Å². The van der Waals surface area contributed by atoms with Crippen LogP contribution in [-0.4, -0.2) is 17.8 Å². The third-order valence-corrected chi connectivity index (χ3v) is 3.25. The van der Waals surface area contributed by atoms with E-state index in [2.05, 4.69) is 4.37 Å². The number of hydrogen-bond donors (Lipinski definition) is 0. The van der Waals surface area contributed by atoms with E-state index in [1.807, 2.05) is 16.8 Å². The van der Waals surface area contributed by atoms with Gasteiger partial charge < -0.3 is 4.74 Å². The first-order valence-electron chi connectivity index (χ1n) is 3.87. The molecule has 0 aliphatic rings. The van der Waals surface area contributed by atoms with Crippen LogP contribution < -0.4 is 4.74 Å². The van der Waals surface area contributed by atoms with E-state index >= 15 is 0 Å². The van der Waals surface area contributed by atoms with Gasteiger partial charge in [0.1, 0.15) is 0 Å². The standard InChI is InChI=1S/C9H7NO2S2/c1-12-9-8(5-14-10-9)6-2-7(3-11)13-4-6/h2-5H,1H3. The van der Waals surface area contributed by atoms with Gasteiger partial charge in [0.2, 0.25) is 5.88 Å². The van der Waals surface area contributed by atoms with Crippen molar-refractivity contribution in [3.63, 3.8) is 0 Å². The van der Waals surface area contributed by atoms with Crippen LogP contribution in [0.3, 0.4) is 0 Å². The molecule has 0 spiro atoms. The van der Waals surface area contributed by atoms with Gasteiger partial charge in [-0.1, -0.05) is 0 Å². The number of hydrogen-bond acceptors (Lipinski definition) is 5. The number of aldehydes is 1. The molecule has 0 aromatic carbocycles. The molecule has 14 heavy (non-hydrogen) atoms.